The largest absolute Gasteiger partial charge is 0.450 e. The Kier molecular flexibility index (Phi) is 4.69. The van der Waals surface area contributed by atoms with Crippen molar-refractivity contribution in [2.75, 3.05) is 4.90 Å². The summed E-state index contributed by atoms with van der Waals surface area (Å²) in [6, 6.07) is 18.6. The zero-order valence-electron chi connectivity index (χ0n) is 15.2. The van der Waals surface area contributed by atoms with Crippen molar-refractivity contribution in [3.63, 3.8) is 0 Å². The molecule has 0 radical (unpaired) electrons. The predicted octanol–water partition coefficient (Wildman–Crippen LogP) is 6.61. The van der Waals surface area contributed by atoms with Crippen LogP contribution in [-0.4, -0.2) is 5.91 Å². The maximum atomic E-state index is 13.5. The fourth-order valence-electron chi connectivity index (χ4n) is 3.83. The van der Waals surface area contributed by atoms with Gasteiger partial charge in [0.25, 0.3) is 5.91 Å². The van der Waals surface area contributed by atoms with Crippen molar-refractivity contribution in [1.82, 2.24) is 0 Å². The second-order valence-electron chi connectivity index (χ2n) is 6.93. The molecule has 3 aromatic carbocycles. The van der Waals surface area contributed by atoms with E-state index in [9.17, 15) is 9.59 Å². The van der Waals surface area contributed by atoms with Crippen molar-refractivity contribution in [3.8, 4) is 0 Å². The number of benzene rings is 3. The highest BCUT2D eigenvalue weighted by molar-refractivity contribution is 9.10. The van der Waals surface area contributed by atoms with Crippen molar-refractivity contribution in [2.45, 2.75) is 6.04 Å². The molecule has 4 nitrogen and oxygen atoms in total. The smallest absolute Gasteiger partial charge is 0.295 e. The molecule has 0 aliphatic carbocycles. The minimum absolute atomic E-state index is 0.0276. The average molecular weight is 501 g/mol. The van der Waals surface area contributed by atoms with E-state index in [1.165, 1.54) is 0 Å². The van der Waals surface area contributed by atoms with E-state index in [-0.39, 0.29) is 16.8 Å². The van der Waals surface area contributed by atoms with E-state index >= 15 is 0 Å². The summed E-state index contributed by atoms with van der Waals surface area (Å²) in [6.07, 6.45) is 0. The lowest BCUT2D eigenvalue weighted by Crippen LogP contribution is -2.29. The highest BCUT2D eigenvalue weighted by Crippen LogP contribution is 2.42. The molecule has 1 atom stereocenters. The number of halogens is 3. The molecule has 1 aliphatic heterocycles. The van der Waals surface area contributed by atoms with E-state index in [2.05, 4.69) is 15.9 Å². The summed E-state index contributed by atoms with van der Waals surface area (Å²) in [6.45, 7) is 0. The highest BCUT2D eigenvalue weighted by Gasteiger charge is 2.43. The minimum Gasteiger partial charge on any atom is -0.450 e. The minimum atomic E-state index is -0.664. The quantitative estimate of drug-likeness (QED) is 0.311. The highest BCUT2D eigenvalue weighted by atomic mass is 79.9. The predicted molar refractivity (Wildman–Crippen MR) is 122 cm³/mol. The lowest BCUT2D eigenvalue weighted by molar-refractivity contribution is 0.0971. The molecule has 0 bridgehead atoms. The van der Waals surface area contributed by atoms with E-state index in [0.717, 1.165) is 10.0 Å². The van der Waals surface area contributed by atoms with Crippen molar-refractivity contribution in [1.29, 1.82) is 0 Å². The van der Waals surface area contributed by atoms with Gasteiger partial charge in [0.05, 0.1) is 17.0 Å². The van der Waals surface area contributed by atoms with Gasteiger partial charge in [-0.25, -0.2) is 0 Å². The number of amides is 1. The van der Waals surface area contributed by atoms with Crippen molar-refractivity contribution in [3.05, 3.63) is 108 Å². The summed E-state index contributed by atoms with van der Waals surface area (Å²) >= 11 is 15.8. The molecule has 0 fully saturated rings. The average Bonchev–Trinajstić information content (AvgIpc) is 3.01. The lowest BCUT2D eigenvalue weighted by atomic mass is 9.98. The van der Waals surface area contributed by atoms with E-state index in [4.69, 9.17) is 27.6 Å². The van der Waals surface area contributed by atoms with Crippen LogP contribution in [0.4, 0.5) is 5.69 Å². The van der Waals surface area contributed by atoms with E-state index in [1.54, 1.807) is 47.4 Å². The van der Waals surface area contributed by atoms with Crippen LogP contribution in [0.3, 0.4) is 0 Å². The van der Waals surface area contributed by atoms with E-state index in [0.29, 0.717) is 26.7 Å². The first-order valence-corrected chi connectivity index (χ1v) is 10.6. The number of anilines is 1. The third-order valence-electron chi connectivity index (χ3n) is 5.08. The molecule has 1 unspecified atom stereocenters. The van der Waals surface area contributed by atoms with Gasteiger partial charge in [-0.05, 0) is 54.1 Å². The van der Waals surface area contributed by atoms with Gasteiger partial charge in [-0.15, -0.1) is 0 Å². The Morgan fingerprint density at radius 3 is 2.43 bits per heavy atom. The summed E-state index contributed by atoms with van der Waals surface area (Å²) in [7, 11) is 0. The molecular formula is C23H12BrCl2NO3. The fourth-order valence-corrected chi connectivity index (χ4v) is 4.60. The summed E-state index contributed by atoms with van der Waals surface area (Å²) in [5.41, 5.74) is 1.66. The standard InChI is InChI=1S/C23H12BrCl2NO3/c24-13-4-1-3-12(9-13)20-19-21(28)17-11-15(26)7-8-18(17)30-22(19)23(29)27(20)16-6-2-5-14(25)10-16/h1-11,20H. The molecule has 0 spiro atoms. The van der Waals surface area contributed by atoms with Gasteiger partial charge in [0.2, 0.25) is 5.76 Å². The van der Waals surface area contributed by atoms with Crippen LogP contribution in [0, 0.1) is 0 Å². The van der Waals surface area contributed by atoms with Crippen LogP contribution < -0.4 is 10.3 Å². The van der Waals surface area contributed by atoms with Crippen LogP contribution in [0.5, 0.6) is 0 Å². The van der Waals surface area contributed by atoms with Gasteiger partial charge in [0.1, 0.15) is 5.58 Å². The first-order valence-electron chi connectivity index (χ1n) is 9.05. The fraction of sp³-hybridized carbons (Fsp3) is 0.0435. The van der Waals surface area contributed by atoms with Gasteiger partial charge in [-0.1, -0.05) is 57.3 Å². The van der Waals surface area contributed by atoms with Crippen LogP contribution in [0.1, 0.15) is 27.7 Å². The van der Waals surface area contributed by atoms with Gasteiger partial charge < -0.3 is 4.42 Å². The Hall–Kier alpha value is -2.60. The zero-order chi connectivity index (χ0) is 21.0. The Morgan fingerprint density at radius 1 is 0.900 bits per heavy atom. The third-order valence-corrected chi connectivity index (χ3v) is 6.05. The molecular weight excluding hydrogens is 489 g/mol. The molecule has 1 amide bonds. The number of nitrogens with zero attached hydrogens (tertiary/aromatic N) is 1. The SMILES string of the molecule is O=C1c2oc3ccc(Cl)cc3c(=O)c2C(c2cccc(Br)c2)N1c1cccc(Cl)c1. The van der Waals surface area contributed by atoms with Gasteiger partial charge in [0, 0.05) is 20.2 Å². The number of rotatable bonds is 2. The van der Waals surface area contributed by atoms with Crippen molar-refractivity contribution in [2.24, 2.45) is 0 Å². The molecule has 1 aliphatic rings. The van der Waals surface area contributed by atoms with Gasteiger partial charge in [-0.3, -0.25) is 14.5 Å². The second kappa shape index (κ2) is 7.27. The summed E-state index contributed by atoms with van der Waals surface area (Å²) in [5, 5.41) is 1.24. The summed E-state index contributed by atoms with van der Waals surface area (Å²) in [5.74, 6) is -0.369. The third kappa shape index (κ3) is 3.05. The van der Waals surface area contributed by atoms with E-state index in [1.807, 2.05) is 24.3 Å². The maximum absolute atomic E-state index is 13.5. The Balaban J connectivity index is 1.84. The number of carbonyl (C=O) groups is 1. The van der Waals surface area contributed by atoms with Crippen molar-refractivity contribution >= 4 is 61.7 Å². The number of carbonyl (C=O) groups excluding carboxylic acids is 1. The topological polar surface area (TPSA) is 50.5 Å². The van der Waals surface area contributed by atoms with Crippen LogP contribution in [0.2, 0.25) is 10.0 Å². The summed E-state index contributed by atoms with van der Waals surface area (Å²) in [4.78, 5) is 28.5. The molecule has 0 saturated heterocycles. The lowest BCUT2D eigenvalue weighted by Gasteiger charge is -2.25. The van der Waals surface area contributed by atoms with Gasteiger partial charge in [0.15, 0.2) is 5.43 Å². The molecule has 7 heteroatoms. The number of hydrogen-bond donors (Lipinski definition) is 0. The number of fused-ring (bicyclic) bond motifs is 2. The van der Waals surface area contributed by atoms with E-state index < -0.39 is 11.9 Å². The maximum Gasteiger partial charge on any atom is 0.295 e. The monoisotopic (exact) mass is 499 g/mol. The molecule has 1 aromatic heterocycles. The zero-order valence-corrected chi connectivity index (χ0v) is 18.3. The van der Waals surface area contributed by atoms with Crippen LogP contribution in [0.25, 0.3) is 11.0 Å². The molecule has 5 rings (SSSR count). The Bertz CT molecular complexity index is 1400. The van der Waals surface area contributed by atoms with Crippen LogP contribution >= 0.6 is 39.1 Å². The molecule has 148 valence electrons. The molecule has 0 saturated carbocycles. The first kappa shape index (κ1) is 19.4. The molecule has 0 N–H and O–H groups in total. The first-order chi connectivity index (χ1) is 14.4. The van der Waals surface area contributed by atoms with Crippen LogP contribution in [0.15, 0.2) is 80.4 Å². The Morgan fingerprint density at radius 2 is 1.67 bits per heavy atom. The van der Waals surface area contributed by atoms with Crippen molar-refractivity contribution < 1.29 is 9.21 Å². The second-order valence-corrected chi connectivity index (χ2v) is 8.72. The molecule has 2 heterocycles. The number of hydrogen-bond acceptors (Lipinski definition) is 3. The molecule has 4 aromatic rings. The van der Waals surface area contributed by atoms with Gasteiger partial charge in [-0.2, -0.15) is 0 Å². The molecule has 30 heavy (non-hydrogen) atoms. The van der Waals surface area contributed by atoms with Gasteiger partial charge >= 0.3 is 0 Å². The summed E-state index contributed by atoms with van der Waals surface area (Å²) < 4.78 is 6.76. The Labute approximate surface area is 189 Å². The van der Waals surface area contributed by atoms with Crippen LogP contribution in [-0.2, 0) is 0 Å². The normalized spacial score (nSPS) is 15.6.